The largest absolute Gasteiger partial charge is 0.417 e. The Labute approximate surface area is 110 Å². The van der Waals surface area contributed by atoms with E-state index in [-0.39, 0.29) is 5.54 Å². The average Bonchev–Trinajstić information content (AvgIpc) is 2.36. The molecule has 2 nitrogen and oxygen atoms in total. The molecule has 0 aliphatic rings. The van der Waals surface area contributed by atoms with Crippen LogP contribution in [0.4, 0.5) is 19.0 Å². The van der Waals surface area contributed by atoms with Gasteiger partial charge in [0.25, 0.3) is 0 Å². The van der Waals surface area contributed by atoms with Crippen LogP contribution >= 0.6 is 11.6 Å². The highest BCUT2D eigenvalue weighted by Gasteiger charge is 2.31. The minimum atomic E-state index is -4.36. The summed E-state index contributed by atoms with van der Waals surface area (Å²) >= 11 is 5.91. The number of rotatable bonds is 5. The van der Waals surface area contributed by atoms with Crippen molar-refractivity contribution < 1.29 is 13.2 Å². The zero-order valence-electron chi connectivity index (χ0n) is 10.3. The standard InChI is InChI=1S/C12H16ClF3N2/c1-3-11(4-2,8-13)18-10-6-5-9(7-17-10)12(14,15)16/h5-7H,3-4,8H2,1-2H3,(H,17,18). The third-order valence-electron chi connectivity index (χ3n) is 3.09. The Morgan fingerprint density at radius 3 is 2.17 bits per heavy atom. The third-order valence-corrected chi connectivity index (χ3v) is 3.60. The molecule has 1 heterocycles. The van der Waals surface area contributed by atoms with Gasteiger partial charge in [0.05, 0.1) is 11.1 Å². The van der Waals surface area contributed by atoms with E-state index in [1.165, 1.54) is 6.07 Å². The minimum absolute atomic E-state index is 0.325. The lowest BCUT2D eigenvalue weighted by Crippen LogP contribution is -2.39. The van der Waals surface area contributed by atoms with Crippen LogP contribution < -0.4 is 5.32 Å². The third kappa shape index (κ3) is 3.51. The van der Waals surface area contributed by atoms with E-state index < -0.39 is 11.7 Å². The van der Waals surface area contributed by atoms with E-state index in [1.807, 2.05) is 13.8 Å². The molecule has 1 N–H and O–H groups in total. The molecular formula is C12H16ClF3N2. The van der Waals surface area contributed by atoms with Crippen molar-refractivity contribution in [1.29, 1.82) is 0 Å². The molecule has 0 aliphatic heterocycles. The summed E-state index contributed by atoms with van der Waals surface area (Å²) in [7, 11) is 0. The molecule has 102 valence electrons. The predicted molar refractivity (Wildman–Crippen MR) is 66.9 cm³/mol. The summed E-state index contributed by atoms with van der Waals surface area (Å²) in [4.78, 5) is 3.78. The molecular weight excluding hydrogens is 265 g/mol. The van der Waals surface area contributed by atoms with E-state index in [0.29, 0.717) is 11.7 Å². The smallest absolute Gasteiger partial charge is 0.363 e. The van der Waals surface area contributed by atoms with Crippen molar-refractivity contribution in [3.05, 3.63) is 23.9 Å². The number of aromatic nitrogens is 1. The fourth-order valence-electron chi connectivity index (χ4n) is 1.56. The van der Waals surface area contributed by atoms with E-state index in [1.54, 1.807) is 0 Å². The van der Waals surface area contributed by atoms with Crippen LogP contribution in [-0.4, -0.2) is 16.4 Å². The van der Waals surface area contributed by atoms with Gasteiger partial charge in [-0.25, -0.2) is 4.98 Å². The maximum Gasteiger partial charge on any atom is 0.417 e. The van der Waals surface area contributed by atoms with Gasteiger partial charge in [-0.05, 0) is 25.0 Å². The zero-order chi connectivity index (χ0) is 13.8. The van der Waals surface area contributed by atoms with Crippen molar-refractivity contribution >= 4 is 17.4 Å². The van der Waals surface area contributed by atoms with Crippen LogP contribution in [0, 0.1) is 0 Å². The number of nitrogens with zero attached hydrogens (tertiary/aromatic N) is 1. The van der Waals surface area contributed by atoms with E-state index >= 15 is 0 Å². The summed E-state index contributed by atoms with van der Waals surface area (Å²) in [6.45, 7) is 3.95. The SMILES string of the molecule is CCC(CC)(CCl)Nc1ccc(C(F)(F)F)cn1. The lowest BCUT2D eigenvalue weighted by molar-refractivity contribution is -0.137. The lowest BCUT2D eigenvalue weighted by Gasteiger charge is -2.31. The van der Waals surface area contributed by atoms with Crippen molar-refractivity contribution in [3.8, 4) is 0 Å². The molecule has 1 rings (SSSR count). The molecule has 6 heteroatoms. The van der Waals surface area contributed by atoms with Crippen LogP contribution in [0.2, 0.25) is 0 Å². The van der Waals surface area contributed by atoms with Gasteiger partial charge in [-0.1, -0.05) is 13.8 Å². The van der Waals surface area contributed by atoms with Gasteiger partial charge in [-0.2, -0.15) is 13.2 Å². The van der Waals surface area contributed by atoms with Gasteiger partial charge in [0.15, 0.2) is 0 Å². The summed E-state index contributed by atoms with van der Waals surface area (Å²) in [5.74, 6) is 0.787. The van der Waals surface area contributed by atoms with Crippen LogP contribution in [-0.2, 0) is 6.18 Å². The van der Waals surface area contributed by atoms with Gasteiger partial charge in [-0.3, -0.25) is 0 Å². The molecule has 0 saturated carbocycles. The Morgan fingerprint density at radius 2 is 1.83 bits per heavy atom. The lowest BCUT2D eigenvalue weighted by atomic mass is 9.95. The number of alkyl halides is 4. The van der Waals surface area contributed by atoms with Crippen LogP contribution in [0.25, 0.3) is 0 Å². The highest BCUT2D eigenvalue weighted by molar-refractivity contribution is 6.18. The first-order valence-electron chi connectivity index (χ1n) is 5.74. The molecule has 1 aromatic rings. The number of nitrogens with one attached hydrogen (secondary N) is 1. The van der Waals surface area contributed by atoms with Crippen molar-refractivity contribution in [2.75, 3.05) is 11.2 Å². The average molecular weight is 281 g/mol. The zero-order valence-corrected chi connectivity index (χ0v) is 11.1. The molecule has 0 saturated heterocycles. The Kier molecular flexibility index (Phi) is 4.85. The van der Waals surface area contributed by atoms with Gasteiger partial charge in [-0.15, -0.1) is 11.6 Å². The van der Waals surface area contributed by atoms with Crippen molar-refractivity contribution in [2.45, 2.75) is 38.4 Å². The highest BCUT2D eigenvalue weighted by atomic mass is 35.5. The first-order valence-corrected chi connectivity index (χ1v) is 6.27. The van der Waals surface area contributed by atoms with Crippen LogP contribution in [0.1, 0.15) is 32.3 Å². The van der Waals surface area contributed by atoms with Crippen LogP contribution in [0.3, 0.4) is 0 Å². The van der Waals surface area contributed by atoms with E-state index in [4.69, 9.17) is 11.6 Å². The second kappa shape index (κ2) is 5.78. The van der Waals surface area contributed by atoms with Gasteiger partial charge >= 0.3 is 6.18 Å². The summed E-state index contributed by atoms with van der Waals surface area (Å²) in [5, 5.41) is 3.11. The van der Waals surface area contributed by atoms with E-state index in [9.17, 15) is 13.2 Å². The number of pyridine rings is 1. The molecule has 0 spiro atoms. The second-order valence-electron chi connectivity index (χ2n) is 4.18. The van der Waals surface area contributed by atoms with Gasteiger partial charge in [0, 0.05) is 12.1 Å². The summed E-state index contributed by atoms with van der Waals surface area (Å²) < 4.78 is 37.1. The second-order valence-corrected chi connectivity index (χ2v) is 4.44. The molecule has 0 radical (unpaired) electrons. The maximum atomic E-state index is 12.4. The molecule has 0 aliphatic carbocycles. The monoisotopic (exact) mass is 280 g/mol. The highest BCUT2D eigenvalue weighted by Crippen LogP contribution is 2.29. The number of anilines is 1. The Bertz CT molecular complexity index is 364. The molecule has 0 bridgehead atoms. The van der Waals surface area contributed by atoms with Crippen molar-refractivity contribution in [3.63, 3.8) is 0 Å². The summed E-state index contributed by atoms with van der Waals surface area (Å²) in [6.07, 6.45) is -1.98. The molecule has 0 unspecified atom stereocenters. The molecule has 0 fully saturated rings. The normalized spacial score (nSPS) is 12.6. The first-order chi connectivity index (χ1) is 8.37. The fraction of sp³-hybridized carbons (Fsp3) is 0.583. The quantitative estimate of drug-likeness (QED) is 0.813. The Hall–Kier alpha value is -0.970. The molecule has 1 aromatic heterocycles. The Balaban J connectivity index is 2.86. The fourth-order valence-corrected chi connectivity index (χ4v) is 2.00. The molecule has 18 heavy (non-hydrogen) atoms. The maximum absolute atomic E-state index is 12.4. The number of hydrogen-bond acceptors (Lipinski definition) is 2. The summed E-state index contributed by atoms with van der Waals surface area (Å²) in [6, 6.07) is 2.34. The van der Waals surface area contributed by atoms with Crippen molar-refractivity contribution in [1.82, 2.24) is 4.98 Å². The first kappa shape index (κ1) is 15.1. The van der Waals surface area contributed by atoms with Gasteiger partial charge in [0.2, 0.25) is 0 Å². The molecule has 0 amide bonds. The van der Waals surface area contributed by atoms with Crippen molar-refractivity contribution in [2.24, 2.45) is 0 Å². The predicted octanol–water partition coefficient (Wildman–Crippen LogP) is 4.31. The summed E-state index contributed by atoms with van der Waals surface area (Å²) in [5.41, 5.74) is -1.08. The topological polar surface area (TPSA) is 24.9 Å². The number of hydrogen-bond donors (Lipinski definition) is 1. The van der Waals surface area contributed by atoms with Crippen LogP contribution in [0.15, 0.2) is 18.3 Å². The molecule has 0 aromatic carbocycles. The van der Waals surface area contributed by atoms with E-state index in [2.05, 4.69) is 10.3 Å². The van der Waals surface area contributed by atoms with Gasteiger partial charge < -0.3 is 5.32 Å². The number of halogens is 4. The minimum Gasteiger partial charge on any atom is -0.363 e. The van der Waals surface area contributed by atoms with Gasteiger partial charge in [0.1, 0.15) is 5.82 Å². The Morgan fingerprint density at radius 1 is 1.22 bits per heavy atom. The van der Waals surface area contributed by atoms with Crippen LogP contribution in [0.5, 0.6) is 0 Å². The van der Waals surface area contributed by atoms with E-state index in [0.717, 1.165) is 25.1 Å². The molecule has 0 atom stereocenters.